The standard InChI is InChI=1S/C8H11FO4/c1-3-12-7(10)6(5-9)8(11)13-4-2/h5H,3-4H2,1-2H3. The van der Waals surface area contributed by atoms with Gasteiger partial charge >= 0.3 is 11.9 Å². The summed E-state index contributed by atoms with van der Waals surface area (Å²) in [6.45, 7) is 3.27. The van der Waals surface area contributed by atoms with Crippen molar-refractivity contribution in [1.29, 1.82) is 0 Å². The molecule has 0 unspecified atom stereocenters. The van der Waals surface area contributed by atoms with E-state index in [0.29, 0.717) is 0 Å². The Morgan fingerprint density at radius 2 is 1.54 bits per heavy atom. The smallest absolute Gasteiger partial charge is 0.347 e. The van der Waals surface area contributed by atoms with Gasteiger partial charge in [-0.25, -0.2) is 14.0 Å². The van der Waals surface area contributed by atoms with Crippen molar-refractivity contribution in [2.75, 3.05) is 13.2 Å². The van der Waals surface area contributed by atoms with Crippen molar-refractivity contribution >= 4 is 11.9 Å². The van der Waals surface area contributed by atoms with Gasteiger partial charge in [-0.1, -0.05) is 0 Å². The van der Waals surface area contributed by atoms with Crippen LogP contribution in [-0.2, 0) is 19.1 Å². The van der Waals surface area contributed by atoms with Gasteiger partial charge in [-0.15, -0.1) is 0 Å². The molecule has 0 aliphatic carbocycles. The van der Waals surface area contributed by atoms with Crippen molar-refractivity contribution in [3.8, 4) is 0 Å². The monoisotopic (exact) mass is 190 g/mol. The Bertz CT molecular complexity index is 202. The first-order chi connectivity index (χ1) is 6.17. The van der Waals surface area contributed by atoms with Crippen LogP contribution in [0, 0.1) is 0 Å². The lowest BCUT2D eigenvalue weighted by Crippen LogP contribution is -2.17. The van der Waals surface area contributed by atoms with E-state index in [9.17, 15) is 14.0 Å². The highest BCUT2D eigenvalue weighted by Gasteiger charge is 2.20. The molecule has 0 heterocycles. The Morgan fingerprint density at radius 3 is 1.77 bits per heavy atom. The molecule has 0 amide bonds. The molecule has 5 heteroatoms. The molecular weight excluding hydrogens is 179 g/mol. The Kier molecular flexibility index (Phi) is 5.50. The number of carbonyl (C=O) groups is 2. The second kappa shape index (κ2) is 6.16. The molecule has 0 aromatic heterocycles. The number of carbonyl (C=O) groups excluding carboxylic acids is 2. The third-order valence-electron chi connectivity index (χ3n) is 1.10. The lowest BCUT2D eigenvalue weighted by molar-refractivity contribution is -0.146. The van der Waals surface area contributed by atoms with Crippen LogP contribution in [0.2, 0.25) is 0 Å². The molecule has 0 saturated heterocycles. The molecule has 0 aliphatic rings. The van der Waals surface area contributed by atoms with E-state index in [0.717, 1.165) is 0 Å². The molecule has 0 aromatic carbocycles. The minimum atomic E-state index is -1.01. The number of ether oxygens (including phenoxy) is 2. The number of rotatable bonds is 4. The first-order valence-corrected chi connectivity index (χ1v) is 3.81. The Hall–Kier alpha value is -1.39. The van der Waals surface area contributed by atoms with Gasteiger partial charge in [0.25, 0.3) is 0 Å². The first-order valence-electron chi connectivity index (χ1n) is 3.81. The third kappa shape index (κ3) is 3.68. The van der Waals surface area contributed by atoms with E-state index in [-0.39, 0.29) is 19.5 Å². The zero-order valence-corrected chi connectivity index (χ0v) is 7.50. The van der Waals surface area contributed by atoms with E-state index in [1.807, 2.05) is 0 Å². The topological polar surface area (TPSA) is 52.6 Å². The van der Waals surface area contributed by atoms with Crippen molar-refractivity contribution in [3.05, 3.63) is 11.9 Å². The van der Waals surface area contributed by atoms with Crippen LogP contribution in [0.25, 0.3) is 0 Å². The molecule has 13 heavy (non-hydrogen) atoms. The summed E-state index contributed by atoms with van der Waals surface area (Å²) in [4.78, 5) is 21.7. The summed E-state index contributed by atoms with van der Waals surface area (Å²) in [6, 6.07) is 0. The van der Waals surface area contributed by atoms with E-state index < -0.39 is 17.5 Å². The van der Waals surface area contributed by atoms with Crippen LogP contribution in [-0.4, -0.2) is 25.2 Å². The minimum Gasteiger partial charge on any atom is -0.462 e. The summed E-state index contributed by atoms with van der Waals surface area (Å²) in [6.07, 6.45) is -0.115. The van der Waals surface area contributed by atoms with Gasteiger partial charge < -0.3 is 9.47 Å². The van der Waals surface area contributed by atoms with Gasteiger partial charge in [0.2, 0.25) is 0 Å². The average molecular weight is 190 g/mol. The summed E-state index contributed by atoms with van der Waals surface area (Å²) in [5.41, 5.74) is -0.719. The van der Waals surface area contributed by atoms with Crippen LogP contribution >= 0.6 is 0 Å². The van der Waals surface area contributed by atoms with Crippen LogP contribution in [0.15, 0.2) is 11.9 Å². The van der Waals surface area contributed by atoms with Crippen LogP contribution in [0.1, 0.15) is 13.8 Å². The molecule has 74 valence electrons. The fourth-order valence-corrected chi connectivity index (χ4v) is 0.590. The van der Waals surface area contributed by atoms with Gasteiger partial charge in [0.1, 0.15) is 6.33 Å². The maximum Gasteiger partial charge on any atom is 0.347 e. The van der Waals surface area contributed by atoms with Gasteiger partial charge in [-0.05, 0) is 13.8 Å². The van der Waals surface area contributed by atoms with E-state index in [4.69, 9.17) is 0 Å². The Morgan fingerprint density at radius 1 is 1.15 bits per heavy atom. The lowest BCUT2D eigenvalue weighted by Gasteiger charge is -2.03. The van der Waals surface area contributed by atoms with Gasteiger partial charge in [0.15, 0.2) is 5.57 Å². The molecule has 0 fully saturated rings. The van der Waals surface area contributed by atoms with Gasteiger partial charge in [-0.2, -0.15) is 0 Å². The van der Waals surface area contributed by atoms with E-state index >= 15 is 0 Å². The van der Waals surface area contributed by atoms with Crippen molar-refractivity contribution < 1.29 is 23.5 Å². The highest BCUT2D eigenvalue weighted by molar-refractivity contribution is 6.13. The van der Waals surface area contributed by atoms with Crippen LogP contribution in [0.5, 0.6) is 0 Å². The van der Waals surface area contributed by atoms with Crippen molar-refractivity contribution in [2.24, 2.45) is 0 Å². The lowest BCUT2D eigenvalue weighted by atomic mass is 10.3. The van der Waals surface area contributed by atoms with Crippen molar-refractivity contribution in [3.63, 3.8) is 0 Å². The predicted molar refractivity (Wildman–Crippen MR) is 42.5 cm³/mol. The summed E-state index contributed by atoms with van der Waals surface area (Å²) in [5.74, 6) is -2.02. The van der Waals surface area contributed by atoms with Crippen molar-refractivity contribution in [1.82, 2.24) is 0 Å². The molecule has 0 atom stereocenters. The third-order valence-corrected chi connectivity index (χ3v) is 1.10. The molecule has 0 spiro atoms. The number of esters is 2. The van der Waals surface area contributed by atoms with Gasteiger partial charge in [-0.3, -0.25) is 0 Å². The zero-order valence-electron chi connectivity index (χ0n) is 7.50. The highest BCUT2D eigenvalue weighted by atomic mass is 19.1. The Labute approximate surface area is 75.3 Å². The highest BCUT2D eigenvalue weighted by Crippen LogP contribution is 2.02. The molecule has 0 saturated carbocycles. The summed E-state index contributed by atoms with van der Waals surface area (Å²) in [5, 5.41) is 0. The van der Waals surface area contributed by atoms with Gasteiger partial charge in [0, 0.05) is 0 Å². The molecule has 0 aliphatic heterocycles. The fraction of sp³-hybridized carbons (Fsp3) is 0.500. The maximum absolute atomic E-state index is 12.0. The molecule has 0 aromatic rings. The average Bonchev–Trinajstić information content (AvgIpc) is 2.06. The molecular formula is C8H11FO4. The molecule has 0 N–H and O–H groups in total. The Balaban J connectivity index is 4.35. The first kappa shape index (κ1) is 11.6. The maximum atomic E-state index is 12.0. The van der Waals surface area contributed by atoms with Gasteiger partial charge in [0.05, 0.1) is 13.2 Å². The van der Waals surface area contributed by atoms with E-state index in [1.54, 1.807) is 13.8 Å². The van der Waals surface area contributed by atoms with E-state index in [2.05, 4.69) is 9.47 Å². The fourth-order valence-electron chi connectivity index (χ4n) is 0.590. The molecule has 0 radical (unpaired) electrons. The normalized spacial score (nSPS) is 8.85. The number of halogens is 1. The summed E-state index contributed by atoms with van der Waals surface area (Å²) < 4.78 is 20.9. The molecule has 0 rings (SSSR count). The SMILES string of the molecule is CCOC(=O)C(=CF)C(=O)OCC. The van der Waals surface area contributed by atoms with Crippen LogP contribution in [0.4, 0.5) is 4.39 Å². The summed E-state index contributed by atoms with van der Waals surface area (Å²) in [7, 11) is 0. The van der Waals surface area contributed by atoms with Crippen molar-refractivity contribution in [2.45, 2.75) is 13.8 Å². The van der Waals surface area contributed by atoms with E-state index in [1.165, 1.54) is 0 Å². The number of hydrogen-bond acceptors (Lipinski definition) is 4. The minimum absolute atomic E-state index is 0.0789. The zero-order chi connectivity index (χ0) is 10.3. The summed E-state index contributed by atoms with van der Waals surface area (Å²) >= 11 is 0. The second-order valence-electron chi connectivity index (χ2n) is 1.96. The quantitative estimate of drug-likeness (QED) is 0.287. The largest absolute Gasteiger partial charge is 0.462 e. The van der Waals surface area contributed by atoms with Crippen LogP contribution < -0.4 is 0 Å². The molecule has 0 bridgehead atoms. The van der Waals surface area contributed by atoms with Crippen LogP contribution in [0.3, 0.4) is 0 Å². The molecule has 4 nitrogen and oxygen atoms in total. The predicted octanol–water partition coefficient (Wildman–Crippen LogP) is 0.966. The second-order valence-corrected chi connectivity index (χ2v) is 1.96. The number of hydrogen-bond donors (Lipinski definition) is 0.